The zero-order valence-corrected chi connectivity index (χ0v) is 16.4. The summed E-state index contributed by atoms with van der Waals surface area (Å²) in [5.74, 6) is 1.93. The van der Waals surface area contributed by atoms with Crippen LogP contribution in [0.5, 0.6) is 5.75 Å². The summed E-state index contributed by atoms with van der Waals surface area (Å²) in [7, 11) is 1.63. The van der Waals surface area contributed by atoms with Gasteiger partial charge in [0.1, 0.15) is 5.75 Å². The monoisotopic (exact) mass is 373 g/mol. The number of methoxy groups -OCH3 is 1. The predicted octanol–water partition coefficient (Wildman–Crippen LogP) is 2.37. The van der Waals surface area contributed by atoms with Crippen molar-refractivity contribution in [1.29, 1.82) is 0 Å². The number of urea groups is 1. The van der Waals surface area contributed by atoms with Crippen molar-refractivity contribution >= 4 is 6.03 Å². The minimum absolute atomic E-state index is 0.0106. The maximum absolute atomic E-state index is 12.2. The molecular formula is C19H27N5O3. The fourth-order valence-electron chi connectivity index (χ4n) is 2.88. The summed E-state index contributed by atoms with van der Waals surface area (Å²) in [6.45, 7) is 9.49. The van der Waals surface area contributed by atoms with Gasteiger partial charge >= 0.3 is 6.03 Å². The van der Waals surface area contributed by atoms with E-state index in [-0.39, 0.29) is 11.6 Å². The molecule has 2 amide bonds. The topological polar surface area (TPSA) is 83.7 Å². The molecule has 0 spiro atoms. The maximum Gasteiger partial charge on any atom is 0.317 e. The zero-order valence-electron chi connectivity index (χ0n) is 16.4. The molecule has 8 nitrogen and oxygen atoms in total. The summed E-state index contributed by atoms with van der Waals surface area (Å²) in [4.78, 5) is 20.8. The van der Waals surface area contributed by atoms with Gasteiger partial charge in [-0.2, -0.15) is 4.98 Å². The Morgan fingerprint density at radius 1 is 1.19 bits per heavy atom. The largest absolute Gasteiger partial charge is 0.497 e. The second-order valence-corrected chi connectivity index (χ2v) is 7.69. The highest BCUT2D eigenvalue weighted by molar-refractivity contribution is 5.75. The van der Waals surface area contributed by atoms with Gasteiger partial charge in [0.2, 0.25) is 0 Å². The van der Waals surface area contributed by atoms with E-state index in [1.807, 2.05) is 49.9 Å². The van der Waals surface area contributed by atoms with Crippen molar-refractivity contribution in [3.63, 3.8) is 0 Å². The number of nitrogens with one attached hydrogen (secondary N) is 1. The molecule has 0 bridgehead atoms. The number of rotatable bonds is 4. The summed E-state index contributed by atoms with van der Waals surface area (Å²) < 4.78 is 10.5. The Morgan fingerprint density at radius 2 is 1.85 bits per heavy atom. The van der Waals surface area contributed by atoms with Crippen LogP contribution >= 0.6 is 0 Å². The van der Waals surface area contributed by atoms with Gasteiger partial charge in [-0.05, 0) is 45.0 Å². The molecule has 0 aliphatic carbocycles. The third-order valence-electron chi connectivity index (χ3n) is 4.31. The summed E-state index contributed by atoms with van der Waals surface area (Å²) in [6.07, 6.45) is 0. The van der Waals surface area contributed by atoms with Crippen LogP contribution in [0.3, 0.4) is 0 Å². The molecule has 0 atom stereocenters. The van der Waals surface area contributed by atoms with Gasteiger partial charge in [-0.25, -0.2) is 4.79 Å². The van der Waals surface area contributed by atoms with E-state index in [1.165, 1.54) is 0 Å². The zero-order chi connectivity index (χ0) is 19.4. The molecule has 8 heteroatoms. The van der Waals surface area contributed by atoms with E-state index >= 15 is 0 Å². The van der Waals surface area contributed by atoms with E-state index in [4.69, 9.17) is 9.26 Å². The Hall–Kier alpha value is -2.61. The van der Waals surface area contributed by atoms with Crippen molar-refractivity contribution in [3.8, 4) is 17.2 Å². The molecule has 1 aromatic carbocycles. The van der Waals surface area contributed by atoms with Crippen LogP contribution in [0.15, 0.2) is 28.8 Å². The number of nitrogens with zero attached hydrogens (tertiary/aromatic N) is 4. The van der Waals surface area contributed by atoms with Gasteiger partial charge in [0, 0.05) is 37.3 Å². The maximum atomic E-state index is 12.2. The molecule has 1 fully saturated rings. The Labute approximate surface area is 159 Å². The first-order valence-corrected chi connectivity index (χ1v) is 9.10. The fraction of sp³-hybridized carbons (Fsp3) is 0.526. The second-order valence-electron chi connectivity index (χ2n) is 7.69. The van der Waals surface area contributed by atoms with E-state index in [0.29, 0.717) is 31.3 Å². The van der Waals surface area contributed by atoms with E-state index in [9.17, 15) is 4.79 Å². The molecule has 3 rings (SSSR count). The van der Waals surface area contributed by atoms with E-state index < -0.39 is 0 Å². The van der Waals surface area contributed by atoms with Crippen LogP contribution in [0.4, 0.5) is 4.79 Å². The average Bonchev–Trinajstić information content (AvgIpc) is 3.09. The van der Waals surface area contributed by atoms with Gasteiger partial charge in [0.05, 0.1) is 13.7 Å². The number of amides is 2. The van der Waals surface area contributed by atoms with Crippen LogP contribution in [-0.2, 0) is 6.54 Å². The van der Waals surface area contributed by atoms with Crippen molar-refractivity contribution in [3.05, 3.63) is 30.1 Å². The summed E-state index contributed by atoms with van der Waals surface area (Å²) in [5, 5.41) is 7.08. The number of ether oxygens (including phenoxy) is 1. The van der Waals surface area contributed by atoms with Crippen LogP contribution in [-0.4, -0.2) is 64.8 Å². The minimum Gasteiger partial charge on any atom is -0.497 e. The number of benzene rings is 1. The molecule has 1 aromatic heterocycles. The van der Waals surface area contributed by atoms with Crippen molar-refractivity contribution in [2.24, 2.45) is 0 Å². The summed E-state index contributed by atoms with van der Waals surface area (Å²) in [6, 6.07) is 7.50. The van der Waals surface area contributed by atoms with Crippen molar-refractivity contribution in [1.82, 2.24) is 25.3 Å². The molecule has 1 saturated heterocycles. The highest BCUT2D eigenvalue weighted by Crippen LogP contribution is 2.21. The number of piperazine rings is 1. The molecule has 1 N–H and O–H groups in total. The normalized spacial score (nSPS) is 15.6. The summed E-state index contributed by atoms with van der Waals surface area (Å²) >= 11 is 0. The van der Waals surface area contributed by atoms with Crippen molar-refractivity contribution < 1.29 is 14.1 Å². The second kappa shape index (κ2) is 7.96. The Bertz CT molecular complexity index is 758. The van der Waals surface area contributed by atoms with Gasteiger partial charge in [-0.3, -0.25) is 4.90 Å². The first-order valence-electron chi connectivity index (χ1n) is 9.10. The van der Waals surface area contributed by atoms with E-state index in [0.717, 1.165) is 24.4 Å². The molecule has 2 aromatic rings. The van der Waals surface area contributed by atoms with Gasteiger partial charge in [-0.15, -0.1) is 0 Å². The number of hydrogen-bond donors (Lipinski definition) is 1. The molecule has 27 heavy (non-hydrogen) atoms. The SMILES string of the molecule is COc1ccc(-c2nc(CN3CCN(C(=O)NC(C)(C)C)CC3)no2)cc1. The Morgan fingerprint density at radius 3 is 2.44 bits per heavy atom. The molecule has 146 valence electrons. The lowest BCUT2D eigenvalue weighted by molar-refractivity contribution is 0.128. The lowest BCUT2D eigenvalue weighted by atomic mass is 10.1. The van der Waals surface area contributed by atoms with Crippen LogP contribution in [0.1, 0.15) is 26.6 Å². The highest BCUT2D eigenvalue weighted by Gasteiger charge is 2.24. The smallest absolute Gasteiger partial charge is 0.317 e. The quantitative estimate of drug-likeness (QED) is 0.886. The Balaban J connectivity index is 1.52. The van der Waals surface area contributed by atoms with Gasteiger partial charge in [0.15, 0.2) is 5.82 Å². The van der Waals surface area contributed by atoms with Gasteiger partial charge in [0.25, 0.3) is 5.89 Å². The highest BCUT2D eigenvalue weighted by atomic mass is 16.5. The van der Waals surface area contributed by atoms with Gasteiger partial charge in [-0.1, -0.05) is 5.16 Å². The lowest BCUT2D eigenvalue weighted by Gasteiger charge is -2.35. The molecule has 2 heterocycles. The molecule has 0 unspecified atom stereocenters. The Kier molecular flexibility index (Phi) is 5.65. The molecule has 0 saturated carbocycles. The third-order valence-corrected chi connectivity index (χ3v) is 4.31. The number of carbonyl (C=O) groups excluding carboxylic acids is 1. The first kappa shape index (κ1) is 19.2. The van der Waals surface area contributed by atoms with E-state index in [2.05, 4.69) is 20.4 Å². The van der Waals surface area contributed by atoms with E-state index in [1.54, 1.807) is 7.11 Å². The molecule has 1 aliphatic heterocycles. The standard InChI is InChI=1S/C19H27N5O3/c1-19(2,3)21-18(25)24-11-9-23(10-12-24)13-16-20-17(27-22-16)14-5-7-15(26-4)8-6-14/h5-8H,9-13H2,1-4H3,(H,21,25). The van der Waals surface area contributed by atoms with Crippen molar-refractivity contribution in [2.75, 3.05) is 33.3 Å². The minimum atomic E-state index is -0.225. The van der Waals surface area contributed by atoms with Crippen LogP contribution in [0.2, 0.25) is 0 Å². The predicted molar refractivity (Wildman–Crippen MR) is 101 cm³/mol. The summed E-state index contributed by atoms with van der Waals surface area (Å²) in [5.41, 5.74) is 0.634. The van der Waals surface area contributed by atoms with Crippen molar-refractivity contribution in [2.45, 2.75) is 32.9 Å². The molecule has 1 aliphatic rings. The number of carbonyl (C=O) groups is 1. The number of hydrogen-bond acceptors (Lipinski definition) is 6. The van der Waals surface area contributed by atoms with Gasteiger partial charge < -0.3 is 19.5 Å². The molecule has 0 radical (unpaired) electrons. The van der Waals surface area contributed by atoms with Crippen LogP contribution in [0.25, 0.3) is 11.5 Å². The number of aromatic nitrogens is 2. The molecular weight excluding hydrogens is 346 g/mol. The van der Waals surface area contributed by atoms with Crippen LogP contribution in [0, 0.1) is 0 Å². The first-order chi connectivity index (χ1) is 12.8. The average molecular weight is 373 g/mol. The van der Waals surface area contributed by atoms with Crippen LogP contribution < -0.4 is 10.1 Å². The third kappa shape index (κ3) is 5.19. The fourth-order valence-corrected chi connectivity index (χ4v) is 2.88. The lowest BCUT2D eigenvalue weighted by Crippen LogP contribution is -2.54.